The zero-order valence-corrected chi connectivity index (χ0v) is 16.3. The molecule has 2 saturated carbocycles. The molecule has 2 N–H and O–H groups in total. The number of hydrogen-bond acceptors (Lipinski definition) is 3. The number of nitrogens with one attached hydrogen (secondary N) is 2. The summed E-state index contributed by atoms with van der Waals surface area (Å²) in [4.78, 5) is 25.7. The van der Waals surface area contributed by atoms with Crippen molar-refractivity contribution in [3.63, 3.8) is 0 Å². The normalized spacial score (nSPS) is 32.8. The van der Waals surface area contributed by atoms with Gasteiger partial charge in [-0.05, 0) is 68.2 Å². The van der Waals surface area contributed by atoms with Crippen molar-refractivity contribution in [2.24, 2.45) is 17.8 Å². The van der Waals surface area contributed by atoms with Gasteiger partial charge < -0.3 is 10.6 Å². The standard InChI is InChI=1S/C21H27FN2O2S/c22-13-5-8-15(9-6-13)27-12-20(25)23-14-7-10-17-16-3-1-2-4-18(16)21(26)24-19(17)11-14/h5-6,8-9,14,16-19H,1-4,7,10-12H2,(H,23,25)(H,24,26). The van der Waals surface area contributed by atoms with Crippen LogP contribution in [-0.2, 0) is 9.59 Å². The van der Waals surface area contributed by atoms with Crippen LogP contribution < -0.4 is 10.6 Å². The zero-order chi connectivity index (χ0) is 18.8. The smallest absolute Gasteiger partial charge is 0.230 e. The Balaban J connectivity index is 1.28. The summed E-state index contributed by atoms with van der Waals surface area (Å²) in [6, 6.07) is 6.54. The minimum atomic E-state index is -0.268. The molecule has 5 atom stereocenters. The third-order valence-electron chi connectivity index (χ3n) is 6.49. The minimum absolute atomic E-state index is 0.00505. The summed E-state index contributed by atoms with van der Waals surface area (Å²) in [6.45, 7) is 0. The van der Waals surface area contributed by atoms with Crippen LogP contribution in [0.1, 0.15) is 44.9 Å². The van der Waals surface area contributed by atoms with E-state index in [1.807, 2.05) is 0 Å². The first-order chi connectivity index (χ1) is 13.1. The molecular formula is C21H27FN2O2S. The predicted molar refractivity (Wildman–Crippen MR) is 104 cm³/mol. The number of carbonyl (C=O) groups excluding carboxylic acids is 2. The van der Waals surface area contributed by atoms with E-state index in [2.05, 4.69) is 10.6 Å². The van der Waals surface area contributed by atoms with Crippen molar-refractivity contribution in [1.29, 1.82) is 0 Å². The number of carbonyl (C=O) groups is 2. The SMILES string of the molecule is O=C(CSc1ccc(F)cc1)NC1CCC2C(C1)NC(=O)C1CCCCC12. The molecule has 6 heteroatoms. The highest BCUT2D eigenvalue weighted by molar-refractivity contribution is 8.00. The molecule has 0 bridgehead atoms. The molecule has 2 aliphatic carbocycles. The van der Waals surface area contributed by atoms with Crippen LogP contribution in [0.3, 0.4) is 0 Å². The Kier molecular flexibility index (Phi) is 5.71. The topological polar surface area (TPSA) is 58.2 Å². The van der Waals surface area contributed by atoms with E-state index in [-0.39, 0.29) is 35.6 Å². The molecule has 0 radical (unpaired) electrons. The molecule has 3 aliphatic rings. The van der Waals surface area contributed by atoms with Crippen molar-refractivity contribution in [3.05, 3.63) is 30.1 Å². The summed E-state index contributed by atoms with van der Waals surface area (Å²) >= 11 is 1.42. The van der Waals surface area contributed by atoms with Crippen molar-refractivity contribution in [3.8, 4) is 0 Å². The van der Waals surface area contributed by atoms with E-state index < -0.39 is 0 Å². The molecule has 146 valence electrons. The van der Waals surface area contributed by atoms with Crippen molar-refractivity contribution in [2.75, 3.05) is 5.75 Å². The number of rotatable bonds is 4. The molecule has 0 aromatic heterocycles. The second-order valence-corrected chi connectivity index (χ2v) is 9.20. The van der Waals surface area contributed by atoms with Crippen LogP contribution in [-0.4, -0.2) is 29.7 Å². The Bertz CT molecular complexity index is 696. The van der Waals surface area contributed by atoms with Gasteiger partial charge in [0.15, 0.2) is 0 Å². The lowest BCUT2D eigenvalue weighted by atomic mass is 9.63. The highest BCUT2D eigenvalue weighted by Crippen LogP contribution is 2.44. The Morgan fingerprint density at radius 3 is 2.70 bits per heavy atom. The molecule has 4 rings (SSSR count). The second kappa shape index (κ2) is 8.21. The molecule has 4 nitrogen and oxygen atoms in total. The maximum absolute atomic E-state index is 12.9. The van der Waals surface area contributed by atoms with Crippen LogP contribution in [0.5, 0.6) is 0 Å². The van der Waals surface area contributed by atoms with Gasteiger partial charge in [-0.1, -0.05) is 12.8 Å². The quantitative estimate of drug-likeness (QED) is 0.774. The summed E-state index contributed by atoms with van der Waals surface area (Å²) in [5, 5.41) is 6.39. The van der Waals surface area contributed by atoms with Crippen molar-refractivity contribution in [2.45, 2.75) is 61.9 Å². The summed E-state index contributed by atoms with van der Waals surface area (Å²) in [6.07, 6.45) is 7.57. The zero-order valence-electron chi connectivity index (χ0n) is 15.5. The molecule has 1 aliphatic heterocycles. The fourth-order valence-corrected chi connectivity index (χ4v) is 5.95. The minimum Gasteiger partial charge on any atom is -0.353 e. The average molecular weight is 391 g/mol. The molecule has 1 aromatic carbocycles. The van der Waals surface area contributed by atoms with E-state index in [9.17, 15) is 14.0 Å². The average Bonchev–Trinajstić information content (AvgIpc) is 2.68. The van der Waals surface area contributed by atoms with Gasteiger partial charge in [-0.2, -0.15) is 0 Å². The largest absolute Gasteiger partial charge is 0.353 e. The fourth-order valence-electron chi connectivity index (χ4n) is 5.24. The Morgan fingerprint density at radius 1 is 1.11 bits per heavy atom. The second-order valence-electron chi connectivity index (χ2n) is 8.15. The van der Waals surface area contributed by atoms with Gasteiger partial charge in [0, 0.05) is 22.9 Å². The lowest BCUT2D eigenvalue weighted by Crippen LogP contribution is -2.59. The van der Waals surface area contributed by atoms with Crippen molar-refractivity contribution in [1.82, 2.24) is 10.6 Å². The third-order valence-corrected chi connectivity index (χ3v) is 7.50. The molecule has 27 heavy (non-hydrogen) atoms. The molecule has 0 spiro atoms. The van der Waals surface area contributed by atoms with Crippen molar-refractivity contribution < 1.29 is 14.0 Å². The molecule has 1 saturated heterocycles. The fraction of sp³-hybridized carbons (Fsp3) is 0.619. The van der Waals surface area contributed by atoms with E-state index in [4.69, 9.17) is 0 Å². The molecule has 3 fully saturated rings. The Labute approximate surface area is 164 Å². The van der Waals surface area contributed by atoms with Crippen LogP contribution >= 0.6 is 11.8 Å². The number of thioether (sulfide) groups is 1. The highest BCUT2D eigenvalue weighted by Gasteiger charge is 2.46. The lowest BCUT2D eigenvalue weighted by Gasteiger charge is -2.49. The van der Waals surface area contributed by atoms with E-state index in [0.29, 0.717) is 17.6 Å². The Morgan fingerprint density at radius 2 is 1.89 bits per heavy atom. The Hall–Kier alpha value is -1.56. The number of piperidine rings is 1. The maximum atomic E-state index is 12.9. The van der Waals surface area contributed by atoms with E-state index in [0.717, 1.165) is 30.6 Å². The van der Waals surface area contributed by atoms with Gasteiger partial charge in [0.1, 0.15) is 5.82 Å². The summed E-state index contributed by atoms with van der Waals surface area (Å²) in [7, 11) is 0. The van der Waals surface area contributed by atoms with Crippen LogP contribution in [0.25, 0.3) is 0 Å². The summed E-state index contributed by atoms with van der Waals surface area (Å²) in [5.74, 6) is 1.64. The number of amides is 2. The first-order valence-electron chi connectivity index (χ1n) is 10.1. The van der Waals surface area contributed by atoms with Gasteiger partial charge in [0.25, 0.3) is 0 Å². The predicted octanol–water partition coefficient (Wildman–Crippen LogP) is 3.51. The molecule has 1 heterocycles. The van der Waals surface area contributed by atoms with Crippen LogP contribution in [0.4, 0.5) is 4.39 Å². The van der Waals surface area contributed by atoms with Gasteiger partial charge in [-0.25, -0.2) is 4.39 Å². The molecular weight excluding hydrogens is 363 g/mol. The molecule has 2 amide bonds. The number of benzene rings is 1. The van der Waals surface area contributed by atoms with E-state index in [1.165, 1.54) is 43.2 Å². The maximum Gasteiger partial charge on any atom is 0.230 e. The van der Waals surface area contributed by atoms with Gasteiger partial charge >= 0.3 is 0 Å². The van der Waals surface area contributed by atoms with Crippen LogP contribution in [0.15, 0.2) is 29.2 Å². The van der Waals surface area contributed by atoms with Crippen LogP contribution in [0.2, 0.25) is 0 Å². The van der Waals surface area contributed by atoms with E-state index in [1.54, 1.807) is 12.1 Å². The molecule has 1 aromatic rings. The first-order valence-corrected chi connectivity index (χ1v) is 11.1. The number of halogens is 1. The third kappa shape index (κ3) is 4.31. The van der Waals surface area contributed by atoms with E-state index >= 15 is 0 Å². The monoisotopic (exact) mass is 390 g/mol. The van der Waals surface area contributed by atoms with Crippen LogP contribution in [0, 0.1) is 23.6 Å². The van der Waals surface area contributed by atoms with Gasteiger partial charge in [-0.3, -0.25) is 9.59 Å². The number of hydrogen-bond donors (Lipinski definition) is 2. The van der Waals surface area contributed by atoms with Gasteiger partial charge in [-0.15, -0.1) is 11.8 Å². The summed E-state index contributed by atoms with van der Waals surface area (Å²) < 4.78 is 12.9. The number of fused-ring (bicyclic) bond motifs is 3. The highest BCUT2D eigenvalue weighted by atomic mass is 32.2. The summed E-state index contributed by atoms with van der Waals surface area (Å²) in [5.41, 5.74) is 0. The first kappa shape index (κ1) is 18.8. The molecule has 5 unspecified atom stereocenters. The van der Waals surface area contributed by atoms with Gasteiger partial charge in [0.05, 0.1) is 5.75 Å². The lowest BCUT2D eigenvalue weighted by molar-refractivity contribution is -0.135. The van der Waals surface area contributed by atoms with Gasteiger partial charge in [0.2, 0.25) is 11.8 Å². The van der Waals surface area contributed by atoms with Crippen molar-refractivity contribution >= 4 is 23.6 Å².